The van der Waals surface area contributed by atoms with E-state index in [1.165, 1.54) is 0 Å². The number of nitrogens with zero attached hydrogens (tertiary/aromatic N) is 2. The molecule has 2 aromatic rings. The molecule has 2 heterocycles. The van der Waals surface area contributed by atoms with Gasteiger partial charge in [-0.05, 0) is 61.2 Å². The molecule has 0 spiro atoms. The van der Waals surface area contributed by atoms with Gasteiger partial charge in [-0.25, -0.2) is 8.42 Å². The summed E-state index contributed by atoms with van der Waals surface area (Å²) in [4.78, 5) is 14.8. The Morgan fingerprint density at radius 1 is 0.963 bits per heavy atom. The molecule has 1 saturated heterocycles. The molecule has 2 aliphatic rings. The van der Waals surface area contributed by atoms with Crippen molar-refractivity contribution in [2.24, 2.45) is 0 Å². The van der Waals surface area contributed by atoms with Crippen LogP contribution in [0.3, 0.4) is 0 Å². The van der Waals surface area contributed by atoms with Crippen molar-refractivity contribution in [2.75, 3.05) is 24.5 Å². The molecule has 27 heavy (non-hydrogen) atoms. The van der Waals surface area contributed by atoms with Gasteiger partial charge >= 0.3 is 0 Å². The Hall–Kier alpha value is -1.89. The van der Waals surface area contributed by atoms with E-state index in [1.807, 2.05) is 0 Å². The molecule has 0 aliphatic carbocycles. The predicted molar refractivity (Wildman–Crippen MR) is 106 cm³/mol. The van der Waals surface area contributed by atoms with Gasteiger partial charge in [0.05, 0.1) is 4.90 Å². The van der Waals surface area contributed by atoms with Crippen LogP contribution in [-0.2, 0) is 16.4 Å². The Labute approximate surface area is 164 Å². The van der Waals surface area contributed by atoms with E-state index < -0.39 is 10.0 Å². The van der Waals surface area contributed by atoms with Crippen molar-refractivity contribution in [3.05, 3.63) is 58.6 Å². The molecule has 0 aromatic heterocycles. The number of amides is 1. The number of hydrogen-bond acceptors (Lipinski definition) is 3. The maximum atomic E-state index is 12.9. The molecule has 4 rings (SSSR count). The highest BCUT2D eigenvalue weighted by Crippen LogP contribution is 2.33. The highest BCUT2D eigenvalue weighted by Gasteiger charge is 2.30. The lowest BCUT2D eigenvalue weighted by atomic mass is 10.1. The standard InChI is InChI=1S/C20H21ClN2O3S/c21-17-6-4-5-16(13-17)20(24)23-12-9-15-14-18(7-8-19(15)23)27(25,26)22-10-2-1-3-11-22/h4-8,13-14H,1-3,9-12H2. The maximum Gasteiger partial charge on any atom is 0.258 e. The Morgan fingerprint density at radius 2 is 1.74 bits per heavy atom. The topological polar surface area (TPSA) is 57.7 Å². The van der Waals surface area contributed by atoms with Crippen molar-refractivity contribution >= 4 is 33.2 Å². The first-order chi connectivity index (χ1) is 13.0. The molecule has 142 valence electrons. The third-order valence-corrected chi connectivity index (χ3v) is 7.35. The minimum atomic E-state index is -3.47. The minimum absolute atomic E-state index is 0.122. The van der Waals surface area contributed by atoms with Gasteiger partial charge in [0.25, 0.3) is 5.91 Å². The van der Waals surface area contributed by atoms with Gasteiger partial charge in [-0.2, -0.15) is 4.31 Å². The van der Waals surface area contributed by atoms with E-state index in [0.29, 0.717) is 41.5 Å². The summed E-state index contributed by atoms with van der Waals surface area (Å²) in [6, 6.07) is 12.0. The lowest BCUT2D eigenvalue weighted by Gasteiger charge is -2.26. The third kappa shape index (κ3) is 3.49. The zero-order chi connectivity index (χ0) is 19.0. The van der Waals surface area contributed by atoms with Gasteiger partial charge in [-0.3, -0.25) is 4.79 Å². The highest BCUT2D eigenvalue weighted by molar-refractivity contribution is 7.89. The first kappa shape index (κ1) is 18.5. The van der Waals surface area contributed by atoms with E-state index in [4.69, 9.17) is 11.6 Å². The third-order valence-electron chi connectivity index (χ3n) is 5.22. The van der Waals surface area contributed by atoms with Crippen LogP contribution >= 0.6 is 11.6 Å². The monoisotopic (exact) mass is 404 g/mol. The summed E-state index contributed by atoms with van der Waals surface area (Å²) in [5.74, 6) is -0.122. The van der Waals surface area contributed by atoms with Crippen LogP contribution in [0.4, 0.5) is 5.69 Å². The van der Waals surface area contributed by atoms with E-state index in [1.54, 1.807) is 51.7 Å². The smallest absolute Gasteiger partial charge is 0.258 e. The minimum Gasteiger partial charge on any atom is -0.308 e. The Morgan fingerprint density at radius 3 is 2.48 bits per heavy atom. The van der Waals surface area contributed by atoms with Crippen molar-refractivity contribution in [1.82, 2.24) is 4.31 Å². The van der Waals surface area contributed by atoms with Crippen LogP contribution < -0.4 is 4.90 Å². The number of carbonyl (C=O) groups excluding carboxylic acids is 1. The van der Waals surface area contributed by atoms with Gasteiger partial charge in [0.15, 0.2) is 0 Å². The average molecular weight is 405 g/mol. The number of carbonyl (C=O) groups is 1. The molecule has 1 amide bonds. The van der Waals surface area contributed by atoms with E-state index in [-0.39, 0.29) is 5.91 Å². The van der Waals surface area contributed by atoms with Crippen LogP contribution in [0.15, 0.2) is 47.4 Å². The normalized spacial score (nSPS) is 17.7. The fourth-order valence-electron chi connectivity index (χ4n) is 3.78. The summed E-state index contributed by atoms with van der Waals surface area (Å²) >= 11 is 6.00. The summed E-state index contributed by atoms with van der Waals surface area (Å²) in [6.07, 6.45) is 3.54. The lowest BCUT2D eigenvalue weighted by Crippen LogP contribution is -2.35. The largest absolute Gasteiger partial charge is 0.308 e. The van der Waals surface area contributed by atoms with Crippen molar-refractivity contribution in [3.63, 3.8) is 0 Å². The number of hydrogen-bond donors (Lipinski definition) is 0. The van der Waals surface area contributed by atoms with Crippen LogP contribution in [0.5, 0.6) is 0 Å². The predicted octanol–water partition coefficient (Wildman–Crippen LogP) is 3.72. The molecule has 0 unspecified atom stereocenters. The molecule has 0 bridgehead atoms. The van der Waals surface area contributed by atoms with Crippen molar-refractivity contribution < 1.29 is 13.2 Å². The molecular weight excluding hydrogens is 384 g/mol. The average Bonchev–Trinajstić information content (AvgIpc) is 3.11. The highest BCUT2D eigenvalue weighted by atomic mass is 35.5. The SMILES string of the molecule is O=C(c1cccc(Cl)c1)N1CCc2cc(S(=O)(=O)N3CCCCC3)ccc21. The Kier molecular flexibility index (Phi) is 4.97. The zero-order valence-electron chi connectivity index (χ0n) is 14.9. The van der Waals surface area contributed by atoms with Crippen molar-refractivity contribution in [3.8, 4) is 0 Å². The van der Waals surface area contributed by atoms with Gasteiger partial charge in [-0.1, -0.05) is 24.1 Å². The van der Waals surface area contributed by atoms with Crippen LogP contribution in [-0.4, -0.2) is 38.3 Å². The molecule has 0 saturated carbocycles. The number of piperidine rings is 1. The van der Waals surface area contributed by atoms with Crippen LogP contribution in [0.2, 0.25) is 5.02 Å². The van der Waals surface area contributed by atoms with Gasteiger partial charge < -0.3 is 4.90 Å². The van der Waals surface area contributed by atoms with E-state index in [2.05, 4.69) is 0 Å². The first-order valence-electron chi connectivity index (χ1n) is 9.17. The van der Waals surface area contributed by atoms with Crippen LogP contribution in [0, 0.1) is 0 Å². The molecular formula is C20H21ClN2O3S. The molecule has 0 N–H and O–H groups in total. The van der Waals surface area contributed by atoms with Gasteiger partial charge in [0.2, 0.25) is 10.0 Å². The summed E-state index contributed by atoms with van der Waals surface area (Å²) in [6.45, 7) is 1.70. The van der Waals surface area contributed by atoms with Gasteiger partial charge in [0, 0.05) is 35.9 Å². The quantitative estimate of drug-likeness (QED) is 0.783. The molecule has 2 aromatic carbocycles. The second-order valence-corrected chi connectivity index (χ2v) is 9.35. The summed E-state index contributed by atoms with van der Waals surface area (Å²) in [5.41, 5.74) is 2.20. The van der Waals surface area contributed by atoms with Crippen molar-refractivity contribution in [1.29, 1.82) is 0 Å². The molecule has 0 atom stereocenters. The number of rotatable bonds is 3. The number of anilines is 1. The molecule has 2 aliphatic heterocycles. The fraction of sp³-hybridized carbons (Fsp3) is 0.350. The number of halogens is 1. The van der Waals surface area contributed by atoms with E-state index >= 15 is 0 Å². The zero-order valence-corrected chi connectivity index (χ0v) is 16.5. The van der Waals surface area contributed by atoms with E-state index in [9.17, 15) is 13.2 Å². The molecule has 1 fully saturated rings. The molecule has 5 nitrogen and oxygen atoms in total. The van der Waals surface area contributed by atoms with Gasteiger partial charge in [0.1, 0.15) is 0 Å². The van der Waals surface area contributed by atoms with Gasteiger partial charge in [-0.15, -0.1) is 0 Å². The lowest BCUT2D eigenvalue weighted by molar-refractivity contribution is 0.0989. The molecule has 0 radical (unpaired) electrons. The Balaban J connectivity index is 1.62. The Bertz CT molecular complexity index is 984. The second kappa shape index (κ2) is 7.26. The van der Waals surface area contributed by atoms with E-state index in [0.717, 1.165) is 30.5 Å². The summed E-state index contributed by atoms with van der Waals surface area (Å²) in [7, 11) is -3.47. The number of benzene rings is 2. The fourth-order valence-corrected chi connectivity index (χ4v) is 5.54. The van der Waals surface area contributed by atoms with Crippen LogP contribution in [0.25, 0.3) is 0 Å². The summed E-state index contributed by atoms with van der Waals surface area (Å²) < 4.78 is 27.4. The second-order valence-electron chi connectivity index (χ2n) is 6.97. The molecule has 7 heteroatoms. The first-order valence-corrected chi connectivity index (χ1v) is 11.0. The van der Waals surface area contributed by atoms with Crippen LogP contribution in [0.1, 0.15) is 35.2 Å². The number of sulfonamides is 1. The van der Waals surface area contributed by atoms with Crippen molar-refractivity contribution in [2.45, 2.75) is 30.6 Å². The number of fused-ring (bicyclic) bond motifs is 1. The maximum absolute atomic E-state index is 12.9. The summed E-state index contributed by atoms with van der Waals surface area (Å²) in [5, 5.41) is 0.517.